The molecule has 7 nitrogen and oxygen atoms in total. The highest BCUT2D eigenvalue weighted by Crippen LogP contribution is 2.34. The molecule has 0 aliphatic rings. The minimum absolute atomic E-state index is 0.0250. The Balaban J connectivity index is 1.98. The van der Waals surface area contributed by atoms with Gasteiger partial charge in [0, 0.05) is 17.1 Å². The summed E-state index contributed by atoms with van der Waals surface area (Å²) in [4.78, 5) is 0.0250. The van der Waals surface area contributed by atoms with Crippen LogP contribution in [0.3, 0.4) is 0 Å². The van der Waals surface area contributed by atoms with Gasteiger partial charge >= 0.3 is 6.18 Å². The van der Waals surface area contributed by atoms with Crippen molar-refractivity contribution in [2.45, 2.75) is 11.1 Å². The van der Waals surface area contributed by atoms with E-state index in [0.29, 0.717) is 27.5 Å². The summed E-state index contributed by atoms with van der Waals surface area (Å²) in [5.41, 5.74) is 0.654. The molecule has 0 saturated carbocycles. The molecular formula is C17H12F3N5O2S. The van der Waals surface area contributed by atoms with Crippen LogP contribution in [0.1, 0.15) is 5.56 Å². The van der Waals surface area contributed by atoms with Crippen LogP contribution >= 0.6 is 0 Å². The molecule has 1 N–H and O–H groups in total. The molecular weight excluding hydrogens is 395 g/mol. The molecule has 11 heteroatoms. The number of tetrazole rings is 1. The minimum atomic E-state index is -4.43. The van der Waals surface area contributed by atoms with Crippen molar-refractivity contribution in [3.8, 4) is 11.1 Å². The minimum Gasteiger partial charge on any atom is -0.214 e. The summed E-state index contributed by atoms with van der Waals surface area (Å²) >= 11 is 0. The van der Waals surface area contributed by atoms with Crippen LogP contribution in [0.15, 0.2) is 53.6 Å². The molecule has 0 bridgehead atoms. The second-order valence-electron chi connectivity index (χ2n) is 5.98. The molecule has 0 amide bonds. The van der Waals surface area contributed by atoms with Gasteiger partial charge in [0.05, 0.1) is 10.5 Å². The van der Waals surface area contributed by atoms with Crippen LogP contribution in [0.5, 0.6) is 0 Å². The lowest BCUT2D eigenvalue weighted by atomic mass is 9.99. The van der Waals surface area contributed by atoms with Crippen LogP contribution in [0.4, 0.5) is 13.2 Å². The van der Waals surface area contributed by atoms with E-state index in [1.165, 1.54) is 35.8 Å². The highest BCUT2D eigenvalue weighted by Gasteiger charge is 2.30. The van der Waals surface area contributed by atoms with Crippen molar-refractivity contribution >= 4 is 26.4 Å². The van der Waals surface area contributed by atoms with E-state index in [4.69, 9.17) is 0 Å². The van der Waals surface area contributed by atoms with E-state index in [9.17, 15) is 21.6 Å². The Hall–Kier alpha value is -3.05. The maximum atomic E-state index is 12.8. The third kappa shape index (κ3) is 2.98. The average molecular weight is 407 g/mol. The summed E-state index contributed by atoms with van der Waals surface area (Å²) in [6, 6.07) is 9.12. The third-order valence-corrected chi connectivity index (χ3v) is 5.78. The first-order chi connectivity index (χ1) is 13.2. The Morgan fingerprint density at radius 3 is 2.39 bits per heavy atom. The van der Waals surface area contributed by atoms with Crippen LogP contribution in [0.25, 0.3) is 27.5 Å². The van der Waals surface area contributed by atoms with E-state index < -0.39 is 21.8 Å². The SMILES string of the molecule is CNS(=O)(=O)c1ccc2c(-c3ccc(C(F)(F)F)cc3)cn3nnnc3c2c1. The first-order valence-corrected chi connectivity index (χ1v) is 9.45. The zero-order valence-electron chi connectivity index (χ0n) is 14.3. The van der Waals surface area contributed by atoms with Gasteiger partial charge in [-0.3, -0.25) is 0 Å². The number of nitrogens with zero attached hydrogens (tertiary/aromatic N) is 4. The quantitative estimate of drug-likeness (QED) is 0.564. The Labute approximate surface area is 156 Å². The Bertz CT molecular complexity index is 1300. The number of benzene rings is 2. The summed E-state index contributed by atoms with van der Waals surface area (Å²) < 4.78 is 66.4. The highest BCUT2D eigenvalue weighted by atomic mass is 32.2. The lowest BCUT2D eigenvalue weighted by molar-refractivity contribution is -0.137. The smallest absolute Gasteiger partial charge is 0.214 e. The van der Waals surface area contributed by atoms with Crippen LogP contribution in [0.2, 0.25) is 0 Å². The summed E-state index contributed by atoms with van der Waals surface area (Å²) in [6.07, 6.45) is -2.84. The van der Waals surface area contributed by atoms with Gasteiger partial charge in [-0.15, -0.1) is 5.10 Å². The summed E-state index contributed by atoms with van der Waals surface area (Å²) in [5, 5.41) is 12.4. The third-order valence-electron chi connectivity index (χ3n) is 4.37. The standard InChI is InChI=1S/C17H12F3N5O2S/c1-21-28(26,27)12-6-7-13-14(8-12)16-22-23-24-25(16)9-15(13)10-2-4-11(5-3-10)17(18,19)20/h2-9,21H,1H3. The first kappa shape index (κ1) is 18.3. The number of sulfonamides is 1. The molecule has 2 heterocycles. The van der Waals surface area contributed by atoms with E-state index in [1.54, 1.807) is 12.3 Å². The van der Waals surface area contributed by atoms with Crippen molar-refractivity contribution in [2.24, 2.45) is 0 Å². The molecule has 0 radical (unpaired) electrons. The fraction of sp³-hybridized carbons (Fsp3) is 0.118. The molecule has 0 aliphatic heterocycles. The second kappa shape index (κ2) is 6.24. The number of hydrogen-bond acceptors (Lipinski definition) is 5. The second-order valence-corrected chi connectivity index (χ2v) is 7.87. The van der Waals surface area contributed by atoms with Crippen LogP contribution in [0, 0.1) is 0 Å². The van der Waals surface area contributed by atoms with Gasteiger partial charge in [0.25, 0.3) is 0 Å². The van der Waals surface area contributed by atoms with Crippen LogP contribution < -0.4 is 4.72 Å². The molecule has 0 spiro atoms. The van der Waals surface area contributed by atoms with Gasteiger partial charge in [0.2, 0.25) is 10.0 Å². The lowest BCUT2D eigenvalue weighted by Gasteiger charge is -2.11. The molecule has 2 aromatic heterocycles. The predicted octanol–water partition coefficient (Wildman–Crippen LogP) is 2.87. The van der Waals surface area contributed by atoms with Crippen LogP contribution in [-0.2, 0) is 16.2 Å². The molecule has 4 rings (SSSR count). The molecule has 144 valence electrons. The van der Waals surface area contributed by atoms with Crippen LogP contribution in [-0.4, -0.2) is 35.5 Å². The van der Waals surface area contributed by atoms with Gasteiger partial charge in [-0.25, -0.2) is 13.1 Å². The zero-order valence-corrected chi connectivity index (χ0v) is 15.1. The predicted molar refractivity (Wildman–Crippen MR) is 95.0 cm³/mol. The number of pyridine rings is 1. The molecule has 0 fully saturated rings. The molecule has 4 aromatic rings. The number of hydrogen-bond donors (Lipinski definition) is 1. The fourth-order valence-corrected chi connectivity index (χ4v) is 3.70. The van der Waals surface area contributed by atoms with Crippen molar-refractivity contribution < 1.29 is 21.6 Å². The van der Waals surface area contributed by atoms with Gasteiger partial charge in [-0.2, -0.15) is 17.7 Å². The van der Waals surface area contributed by atoms with Crippen molar-refractivity contribution in [1.82, 2.24) is 24.8 Å². The van der Waals surface area contributed by atoms with Crippen molar-refractivity contribution in [3.05, 3.63) is 54.2 Å². The van der Waals surface area contributed by atoms with E-state index in [0.717, 1.165) is 12.1 Å². The molecule has 0 saturated heterocycles. The van der Waals surface area contributed by atoms with E-state index in [2.05, 4.69) is 20.2 Å². The number of rotatable bonds is 3. The number of nitrogens with one attached hydrogen (secondary N) is 1. The van der Waals surface area contributed by atoms with E-state index in [-0.39, 0.29) is 4.90 Å². The van der Waals surface area contributed by atoms with Crippen molar-refractivity contribution in [2.75, 3.05) is 7.05 Å². The van der Waals surface area contributed by atoms with Gasteiger partial charge < -0.3 is 0 Å². The average Bonchev–Trinajstić information content (AvgIpc) is 3.15. The fourth-order valence-electron chi connectivity index (χ4n) is 2.95. The lowest BCUT2D eigenvalue weighted by Crippen LogP contribution is -2.18. The molecule has 0 atom stereocenters. The van der Waals surface area contributed by atoms with Gasteiger partial charge in [-0.05, 0) is 52.7 Å². The monoisotopic (exact) mass is 407 g/mol. The Morgan fingerprint density at radius 1 is 1.04 bits per heavy atom. The number of halogens is 3. The molecule has 0 unspecified atom stereocenters. The first-order valence-electron chi connectivity index (χ1n) is 7.96. The number of fused-ring (bicyclic) bond motifs is 3. The number of alkyl halides is 3. The molecule has 28 heavy (non-hydrogen) atoms. The highest BCUT2D eigenvalue weighted by molar-refractivity contribution is 7.89. The van der Waals surface area contributed by atoms with Crippen molar-refractivity contribution in [1.29, 1.82) is 0 Å². The van der Waals surface area contributed by atoms with E-state index in [1.807, 2.05) is 0 Å². The summed E-state index contributed by atoms with van der Waals surface area (Å²) in [6.45, 7) is 0. The topological polar surface area (TPSA) is 89.2 Å². The van der Waals surface area contributed by atoms with Gasteiger partial charge in [0.15, 0.2) is 5.65 Å². The summed E-state index contributed by atoms with van der Waals surface area (Å²) in [7, 11) is -2.40. The van der Waals surface area contributed by atoms with Crippen molar-refractivity contribution in [3.63, 3.8) is 0 Å². The normalized spacial score (nSPS) is 12.7. The molecule has 0 aliphatic carbocycles. The largest absolute Gasteiger partial charge is 0.416 e. The Kier molecular flexibility index (Phi) is 4.08. The maximum absolute atomic E-state index is 12.8. The summed E-state index contributed by atoms with van der Waals surface area (Å²) in [5.74, 6) is 0. The number of aromatic nitrogens is 4. The van der Waals surface area contributed by atoms with E-state index >= 15 is 0 Å². The Morgan fingerprint density at radius 2 is 1.75 bits per heavy atom. The van der Waals surface area contributed by atoms with Gasteiger partial charge in [-0.1, -0.05) is 18.2 Å². The van der Waals surface area contributed by atoms with Gasteiger partial charge in [0.1, 0.15) is 0 Å². The zero-order chi connectivity index (χ0) is 20.1. The maximum Gasteiger partial charge on any atom is 0.416 e. The molecule has 2 aromatic carbocycles.